The van der Waals surface area contributed by atoms with Gasteiger partial charge in [0.25, 0.3) is 11.6 Å². The molecule has 2 fully saturated rings. The van der Waals surface area contributed by atoms with Crippen molar-refractivity contribution in [3.05, 3.63) is 69.8 Å². The van der Waals surface area contributed by atoms with Crippen LogP contribution in [0.5, 0.6) is 0 Å². The molecular weight excluding hydrogens is 416 g/mol. The predicted molar refractivity (Wildman–Crippen MR) is 124 cm³/mol. The number of nitrogens with zero attached hydrogens (tertiary/aromatic N) is 3. The van der Waals surface area contributed by atoms with Gasteiger partial charge in [0.1, 0.15) is 5.69 Å². The van der Waals surface area contributed by atoms with Crippen LogP contribution in [0.25, 0.3) is 0 Å². The molecule has 2 aliphatic rings. The Hall–Kier alpha value is -2.64. The van der Waals surface area contributed by atoms with E-state index in [1.54, 1.807) is 12.1 Å². The summed E-state index contributed by atoms with van der Waals surface area (Å²) < 4.78 is 0. The number of carbonyl (C=O) groups is 1. The number of hydrogen-bond acceptors (Lipinski definition) is 5. The molecule has 0 unspecified atom stereocenters. The minimum absolute atomic E-state index is 0. The summed E-state index contributed by atoms with van der Waals surface area (Å²) in [4.78, 5) is 28.3. The van der Waals surface area contributed by atoms with Crippen LogP contribution in [0.3, 0.4) is 0 Å². The van der Waals surface area contributed by atoms with Crippen molar-refractivity contribution in [2.75, 3.05) is 31.1 Å². The Kier molecular flexibility index (Phi) is 7.87. The molecule has 2 aromatic rings. The van der Waals surface area contributed by atoms with Gasteiger partial charge in [-0.05, 0) is 43.4 Å². The molecule has 1 N–H and O–H groups in total. The number of carbonyl (C=O) groups excluding carboxylic acids is 1. The lowest BCUT2D eigenvalue weighted by Crippen LogP contribution is -2.44. The molecule has 0 atom stereocenters. The predicted octanol–water partition coefficient (Wildman–Crippen LogP) is 4.01. The van der Waals surface area contributed by atoms with E-state index >= 15 is 0 Å². The molecule has 0 radical (unpaired) electrons. The van der Waals surface area contributed by atoms with E-state index in [1.165, 1.54) is 11.6 Å². The molecule has 0 bridgehead atoms. The Balaban J connectivity index is 0.00000272. The van der Waals surface area contributed by atoms with E-state index in [1.807, 2.05) is 11.0 Å². The fraction of sp³-hybridized carbons (Fsp3) is 0.435. The van der Waals surface area contributed by atoms with Crippen LogP contribution < -0.4 is 10.2 Å². The Morgan fingerprint density at radius 2 is 1.71 bits per heavy atom. The molecule has 31 heavy (non-hydrogen) atoms. The monoisotopic (exact) mass is 444 g/mol. The fourth-order valence-electron chi connectivity index (χ4n) is 4.38. The molecule has 4 rings (SSSR count). The van der Waals surface area contributed by atoms with Crippen LogP contribution in [0.2, 0.25) is 0 Å². The number of benzene rings is 2. The molecule has 1 amide bonds. The highest BCUT2D eigenvalue weighted by atomic mass is 35.5. The molecule has 0 aliphatic carbocycles. The van der Waals surface area contributed by atoms with Gasteiger partial charge in [0.15, 0.2) is 0 Å². The lowest BCUT2D eigenvalue weighted by molar-refractivity contribution is -0.384. The molecule has 166 valence electrons. The van der Waals surface area contributed by atoms with E-state index in [2.05, 4.69) is 34.5 Å². The first-order valence-electron chi connectivity index (χ1n) is 10.7. The average Bonchev–Trinajstić information content (AvgIpc) is 3.30. The topological polar surface area (TPSA) is 78.7 Å². The van der Waals surface area contributed by atoms with Crippen molar-refractivity contribution in [3.63, 3.8) is 0 Å². The standard InChI is InChI=1S/C23H28N4O3.ClH/c28-23(19-8-9-21(22(16-19)27(29)30)26-12-4-5-13-26)24-20-10-14-25(15-11-20)17-18-6-2-1-3-7-18;/h1-3,6-9,16,20H,4-5,10-15,17H2,(H,24,28);1H. The Morgan fingerprint density at radius 3 is 2.35 bits per heavy atom. The molecule has 0 aromatic heterocycles. The highest BCUT2D eigenvalue weighted by Crippen LogP contribution is 2.31. The number of anilines is 1. The van der Waals surface area contributed by atoms with Gasteiger partial charge in [-0.2, -0.15) is 0 Å². The molecular formula is C23H29ClN4O3. The average molecular weight is 445 g/mol. The molecule has 8 heteroatoms. The number of nitro groups is 1. The molecule has 2 aromatic carbocycles. The second-order valence-electron chi connectivity index (χ2n) is 8.16. The third kappa shape index (κ3) is 5.74. The minimum atomic E-state index is -0.382. The first kappa shape index (κ1) is 23.0. The SMILES string of the molecule is Cl.O=C(NC1CCN(Cc2ccccc2)CC1)c1ccc(N2CCCC2)c([N+](=O)[O-])c1. The zero-order valence-electron chi connectivity index (χ0n) is 17.5. The van der Waals surface area contributed by atoms with Gasteiger partial charge in [0, 0.05) is 50.4 Å². The number of hydrogen-bond donors (Lipinski definition) is 1. The van der Waals surface area contributed by atoms with Crippen molar-refractivity contribution in [1.82, 2.24) is 10.2 Å². The van der Waals surface area contributed by atoms with Gasteiger partial charge >= 0.3 is 0 Å². The van der Waals surface area contributed by atoms with E-state index < -0.39 is 0 Å². The molecule has 2 heterocycles. The van der Waals surface area contributed by atoms with Crippen LogP contribution in [0, 0.1) is 10.1 Å². The molecule has 0 spiro atoms. The van der Waals surface area contributed by atoms with Crippen LogP contribution in [-0.4, -0.2) is 48.0 Å². The third-order valence-corrected chi connectivity index (χ3v) is 6.05. The summed E-state index contributed by atoms with van der Waals surface area (Å²) in [6, 6.07) is 15.3. The van der Waals surface area contributed by atoms with Crippen LogP contribution in [0.1, 0.15) is 41.6 Å². The number of piperidine rings is 1. The Bertz CT molecular complexity index is 895. The van der Waals surface area contributed by atoms with Crippen molar-refractivity contribution in [1.29, 1.82) is 0 Å². The summed E-state index contributed by atoms with van der Waals surface area (Å²) in [7, 11) is 0. The van der Waals surface area contributed by atoms with Crippen molar-refractivity contribution in [2.24, 2.45) is 0 Å². The first-order valence-corrected chi connectivity index (χ1v) is 10.7. The van der Waals surface area contributed by atoms with Crippen molar-refractivity contribution in [3.8, 4) is 0 Å². The lowest BCUT2D eigenvalue weighted by Gasteiger charge is -2.32. The Labute approximate surface area is 189 Å². The number of rotatable bonds is 6. The van der Waals surface area contributed by atoms with Crippen LogP contribution >= 0.6 is 12.4 Å². The van der Waals surface area contributed by atoms with Gasteiger partial charge in [0.05, 0.1) is 4.92 Å². The molecule has 0 saturated carbocycles. The summed E-state index contributed by atoms with van der Waals surface area (Å²) in [5, 5.41) is 14.6. The Morgan fingerprint density at radius 1 is 1.03 bits per heavy atom. The van der Waals surface area contributed by atoms with Gasteiger partial charge < -0.3 is 10.2 Å². The largest absolute Gasteiger partial charge is 0.366 e. The van der Waals surface area contributed by atoms with E-state index in [-0.39, 0.29) is 35.0 Å². The molecule has 2 aliphatic heterocycles. The number of halogens is 1. The summed E-state index contributed by atoms with van der Waals surface area (Å²) in [6.45, 7) is 4.43. The summed E-state index contributed by atoms with van der Waals surface area (Å²) in [5.41, 5.74) is 2.28. The number of likely N-dealkylation sites (tertiary alicyclic amines) is 1. The lowest BCUT2D eigenvalue weighted by atomic mass is 10.0. The summed E-state index contributed by atoms with van der Waals surface area (Å²) >= 11 is 0. The van der Waals surface area contributed by atoms with Crippen molar-refractivity contribution < 1.29 is 9.72 Å². The van der Waals surface area contributed by atoms with Gasteiger partial charge in [-0.1, -0.05) is 30.3 Å². The van der Waals surface area contributed by atoms with Gasteiger partial charge in [0.2, 0.25) is 0 Å². The molecule has 7 nitrogen and oxygen atoms in total. The summed E-state index contributed by atoms with van der Waals surface area (Å²) in [6.07, 6.45) is 3.85. The normalized spacial score (nSPS) is 17.2. The zero-order valence-corrected chi connectivity index (χ0v) is 18.4. The van der Waals surface area contributed by atoms with Crippen LogP contribution in [-0.2, 0) is 6.54 Å². The highest BCUT2D eigenvalue weighted by Gasteiger charge is 2.25. The number of amides is 1. The quantitative estimate of drug-likeness (QED) is 0.538. The highest BCUT2D eigenvalue weighted by molar-refractivity contribution is 5.96. The minimum Gasteiger partial charge on any atom is -0.366 e. The maximum absolute atomic E-state index is 12.7. The van der Waals surface area contributed by atoms with Crippen LogP contribution in [0.15, 0.2) is 48.5 Å². The second-order valence-corrected chi connectivity index (χ2v) is 8.16. The smallest absolute Gasteiger partial charge is 0.293 e. The van der Waals surface area contributed by atoms with E-state index in [4.69, 9.17) is 0 Å². The zero-order chi connectivity index (χ0) is 20.9. The van der Waals surface area contributed by atoms with E-state index in [9.17, 15) is 14.9 Å². The number of nitro benzene ring substituents is 1. The van der Waals surface area contributed by atoms with Crippen molar-refractivity contribution >= 4 is 29.7 Å². The van der Waals surface area contributed by atoms with Gasteiger partial charge in [-0.25, -0.2) is 0 Å². The first-order chi connectivity index (χ1) is 14.6. The fourth-order valence-corrected chi connectivity index (χ4v) is 4.38. The maximum Gasteiger partial charge on any atom is 0.293 e. The maximum atomic E-state index is 12.7. The second kappa shape index (κ2) is 10.6. The summed E-state index contributed by atoms with van der Waals surface area (Å²) in [5.74, 6) is -0.229. The number of nitrogens with one attached hydrogen (secondary N) is 1. The van der Waals surface area contributed by atoms with Crippen LogP contribution in [0.4, 0.5) is 11.4 Å². The van der Waals surface area contributed by atoms with Crippen molar-refractivity contribution in [2.45, 2.75) is 38.3 Å². The van der Waals surface area contributed by atoms with Gasteiger partial charge in [-0.3, -0.25) is 19.8 Å². The van der Waals surface area contributed by atoms with E-state index in [0.29, 0.717) is 11.3 Å². The third-order valence-electron chi connectivity index (χ3n) is 6.05. The van der Waals surface area contributed by atoms with E-state index in [0.717, 1.165) is 58.4 Å². The molecule has 2 saturated heterocycles. The van der Waals surface area contributed by atoms with Gasteiger partial charge in [-0.15, -0.1) is 12.4 Å².